The minimum absolute atomic E-state index is 0.00632. The van der Waals surface area contributed by atoms with Gasteiger partial charge in [0.25, 0.3) is 5.91 Å². The highest BCUT2D eigenvalue weighted by atomic mass is 32.2. The molecule has 1 aliphatic rings. The Morgan fingerprint density at radius 1 is 1.25 bits per heavy atom. The number of carbonyl (C=O) groups excluding carboxylic acids is 1. The maximum absolute atomic E-state index is 12.5. The molecule has 1 aromatic rings. The van der Waals surface area contributed by atoms with Crippen LogP contribution in [0.25, 0.3) is 0 Å². The Bertz CT molecular complexity index is 745. The maximum Gasteiger partial charge on any atom is 0.329 e. The van der Waals surface area contributed by atoms with Gasteiger partial charge in [0.1, 0.15) is 16.1 Å². The van der Waals surface area contributed by atoms with E-state index in [9.17, 15) is 23.1 Å². The predicted octanol–water partition coefficient (Wildman–Crippen LogP) is 0.793. The zero-order chi connectivity index (χ0) is 18.1. The van der Waals surface area contributed by atoms with E-state index in [1.165, 1.54) is 30.9 Å². The lowest BCUT2D eigenvalue weighted by Gasteiger charge is -2.33. The van der Waals surface area contributed by atoms with E-state index in [2.05, 4.69) is 5.32 Å². The molecule has 0 unspecified atom stereocenters. The van der Waals surface area contributed by atoms with Gasteiger partial charge < -0.3 is 15.0 Å². The van der Waals surface area contributed by atoms with E-state index >= 15 is 0 Å². The standard InChI is InChI=1S/C15H23N3O5S/c1-17(2)24(22,23)11-9-12(18(3)10-11)13(19)16-15(14(20)21)7-5-4-6-8-15/h9-10H,4-8H2,1-3H3,(H,16,19)(H,20,21). The first-order chi connectivity index (χ1) is 11.1. The minimum Gasteiger partial charge on any atom is -0.480 e. The Morgan fingerprint density at radius 2 is 1.83 bits per heavy atom. The molecular formula is C15H23N3O5S. The second-order valence-corrected chi connectivity index (χ2v) is 8.51. The lowest BCUT2D eigenvalue weighted by Crippen LogP contribution is -2.55. The SMILES string of the molecule is CN(C)S(=O)(=O)c1cc(C(=O)NC2(C(=O)O)CCCCC2)n(C)c1. The normalized spacial score (nSPS) is 17.7. The number of hydrogen-bond donors (Lipinski definition) is 2. The van der Waals surface area contributed by atoms with Crippen molar-refractivity contribution in [3.8, 4) is 0 Å². The summed E-state index contributed by atoms with van der Waals surface area (Å²) in [5.74, 6) is -1.63. The van der Waals surface area contributed by atoms with Gasteiger partial charge in [0.2, 0.25) is 10.0 Å². The summed E-state index contributed by atoms with van der Waals surface area (Å²) in [6.07, 6.45) is 4.52. The number of amides is 1. The van der Waals surface area contributed by atoms with E-state index in [-0.39, 0.29) is 10.6 Å². The summed E-state index contributed by atoms with van der Waals surface area (Å²) < 4.78 is 26.8. The molecule has 2 rings (SSSR count). The number of nitrogens with one attached hydrogen (secondary N) is 1. The van der Waals surface area contributed by atoms with Gasteiger partial charge in [-0.15, -0.1) is 0 Å². The molecule has 0 saturated heterocycles. The van der Waals surface area contributed by atoms with Crippen molar-refractivity contribution in [2.24, 2.45) is 7.05 Å². The number of nitrogens with zero attached hydrogens (tertiary/aromatic N) is 2. The molecule has 0 spiro atoms. The zero-order valence-corrected chi connectivity index (χ0v) is 14.9. The first-order valence-corrected chi connectivity index (χ1v) is 9.19. The van der Waals surface area contributed by atoms with E-state index in [0.717, 1.165) is 23.6 Å². The van der Waals surface area contributed by atoms with Crippen LogP contribution in [0, 0.1) is 0 Å². The quantitative estimate of drug-likeness (QED) is 0.810. The van der Waals surface area contributed by atoms with Gasteiger partial charge >= 0.3 is 5.97 Å². The van der Waals surface area contributed by atoms with Crippen LogP contribution < -0.4 is 5.32 Å². The molecule has 0 bridgehead atoms. The lowest BCUT2D eigenvalue weighted by atomic mass is 9.81. The minimum atomic E-state index is -3.66. The van der Waals surface area contributed by atoms with Gasteiger partial charge in [0, 0.05) is 27.3 Å². The molecule has 134 valence electrons. The summed E-state index contributed by atoms with van der Waals surface area (Å²) >= 11 is 0. The zero-order valence-electron chi connectivity index (χ0n) is 14.1. The van der Waals surface area contributed by atoms with Crippen molar-refractivity contribution in [3.63, 3.8) is 0 Å². The highest BCUT2D eigenvalue weighted by Crippen LogP contribution is 2.29. The second-order valence-electron chi connectivity index (χ2n) is 6.36. The summed E-state index contributed by atoms with van der Waals surface area (Å²) in [5, 5.41) is 12.2. The number of aromatic nitrogens is 1. The molecular weight excluding hydrogens is 334 g/mol. The van der Waals surface area contributed by atoms with Gasteiger partial charge in [-0.05, 0) is 18.9 Å². The molecule has 0 aliphatic heterocycles. The molecule has 0 aromatic carbocycles. The molecule has 2 N–H and O–H groups in total. The van der Waals surface area contributed by atoms with E-state index in [1.54, 1.807) is 7.05 Å². The van der Waals surface area contributed by atoms with Crippen LogP contribution in [0.1, 0.15) is 42.6 Å². The van der Waals surface area contributed by atoms with Crippen molar-refractivity contribution in [2.75, 3.05) is 14.1 Å². The smallest absolute Gasteiger partial charge is 0.329 e. The highest BCUT2D eigenvalue weighted by Gasteiger charge is 2.41. The topological polar surface area (TPSA) is 109 Å². The van der Waals surface area contributed by atoms with Crippen LogP contribution in [0.15, 0.2) is 17.2 Å². The molecule has 1 heterocycles. The van der Waals surface area contributed by atoms with Gasteiger partial charge in [0.15, 0.2) is 0 Å². The monoisotopic (exact) mass is 357 g/mol. The van der Waals surface area contributed by atoms with Crippen LogP contribution in [0.4, 0.5) is 0 Å². The number of hydrogen-bond acceptors (Lipinski definition) is 4. The summed E-state index contributed by atoms with van der Waals surface area (Å²) in [7, 11) is 0.705. The Balaban J connectivity index is 2.30. The van der Waals surface area contributed by atoms with Gasteiger partial charge in [0.05, 0.1) is 0 Å². The third-order valence-electron chi connectivity index (χ3n) is 4.46. The van der Waals surface area contributed by atoms with Crippen LogP contribution in [0.5, 0.6) is 0 Å². The number of carboxylic acids is 1. The Morgan fingerprint density at radius 3 is 2.33 bits per heavy atom. The van der Waals surface area contributed by atoms with Crippen LogP contribution in [0.2, 0.25) is 0 Å². The molecule has 1 aliphatic carbocycles. The number of rotatable bonds is 5. The third-order valence-corrected chi connectivity index (χ3v) is 6.24. The van der Waals surface area contributed by atoms with E-state index in [0.29, 0.717) is 12.8 Å². The molecule has 1 aromatic heterocycles. The largest absolute Gasteiger partial charge is 0.480 e. The molecule has 9 heteroatoms. The third kappa shape index (κ3) is 3.32. The first-order valence-electron chi connectivity index (χ1n) is 7.75. The van der Waals surface area contributed by atoms with Crippen LogP contribution in [-0.2, 0) is 21.9 Å². The number of aryl methyl sites for hydroxylation is 1. The van der Waals surface area contributed by atoms with Crippen molar-refractivity contribution < 1.29 is 23.1 Å². The number of carbonyl (C=O) groups is 2. The van der Waals surface area contributed by atoms with Crippen LogP contribution in [0.3, 0.4) is 0 Å². The van der Waals surface area contributed by atoms with Gasteiger partial charge in [-0.2, -0.15) is 0 Å². The van der Waals surface area contributed by atoms with Gasteiger partial charge in [-0.25, -0.2) is 17.5 Å². The number of carboxylic acid groups (broad SMARTS) is 1. The van der Waals surface area contributed by atoms with Gasteiger partial charge in [-0.1, -0.05) is 19.3 Å². The van der Waals surface area contributed by atoms with Crippen molar-refractivity contribution in [2.45, 2.75) is 42.5 Å². The Labute approximate surface area is 141 Å². The van der Waals surface area contributed by atoms with Crippen molar-refractivity contribution in [3.05, 3.63) is 18.0 Å². The lowest BCUT2D eigenvalue weighted by molar-refractivity contribution is -0.145. The van der Waals surface area contributed by atoms with Crippen molar-refractivity contribution >= 4 is 21.9 Å². The number of aliphatic carboxylic acids is 1. The molecule has 0 atom stereocenters. The molecule has 1 saturated carbocycles. The van der Waals surface area contributed by atoms with Crippen LogP contribution in [-0.4, -0.2) is 53.9 Å². The maximum atomic E-state index is 12.5. The molecule has 0 radical (unpaired) electrons. The van der Waals surface area contributed by atoms with Crippen molar-refractivity contribution in [1.29, 1.82) is 0 Å². The number of sulfonamides is 1. The van der Waals surface area contributed by atoms with Gasteiger partial charge in [-0.3, -0.25) is 4.79 Å². The van der Waals surface area contributed by atoms with E-state index < -0.39 is 27.4 Å². The predicted molar refractivity (Wildman–Crippen MR) is 87.2 cm³/mol. The highest BCUT2D eigenvalue weighted by molar-refractivity contribution is 7.89. The fourth-order valence-electron chi connectivity index (χ4n) is 2.94. The fourth-order valence-corrected chi connectivity index (χ4v) is 3.91. The summed E-state index contributed by atoms with van der Waals surface area (Å²) in [6, 6.07) is 1.27. The molecule has 8 nitrogen and oxygen atoms in total. The summed E-state index contributed by atoms with van der Waals surface area (Å²) in [4.78, 5) is 24.2. The molecule has 24 heavy (non-hydrogen) atoms. The Kier molecular flexibility index (Phi) is 5.05. The summed E-state index contributed by atoms with van der Waals surface area (Å²) in [5.41, 5.74) is -1.16. The van der Waals surface area contributed by atoms with E-state index in [4.69, 9.17) is 0 Å². The van der Waals surface area contributed by atoms with Crippen molar-refractivity contribution in [1.82, 2.24) is 14.2 Å². The van der Waals surface area contributed by atoms with Crippen LogP contribution >= 0.6 is 0 Å². The average Bonchev–Trinajstić information content (AvgIpc) is 2.90. The first kappa shape index (κ1) is 18.5. The van der Waals surface area contributed by atoms with E-state index in [1.807, 2.05) is 0 Å². The summed E-state index contributed by atoms with van der Waals surface area (Å²) in [6.45, 7) is 0. The molecule has 1 amide bonds. The Hall–Kier alpha value is -1.87. The second kappa shape index (κ2) is 6.56. The fraction of sp³-hybridized carbons (Fsp3) is 0.600. The molecule has 1 fully saturated rings. The average molecular weight is 357 g/mol.